The highest BCUT2D eigenvalue weighted by Crippen LogP contribution is 2.30. The minimum absolute atomic E-state index is 0.207. The Bertz CT molecular complexity index is 1210. The summed E-state index contributed by atoms with van der Waals surface area (Å²) in [6.07, 6.45) is 1.03. The van der Waals surface area contributed by atoms with Crippen LogP contribution in [0.25, 0.3) is 10.2 Å². The summed E-state index contributed by atoms with van der Waals surface area (Å²) in [5.74, 6) is 1.09. The number of hydrogen-bond donors (Lipinski definition) is 1. The van der Waals surface area contributed by atoms with E-state index in [1.807, 2.05) is 25.1 Å². The van der Waals surface area contributed by atoms with Crippen molar-refractivity contribution in [1.82, 2.24) is 9.29 Å². The molecular weight excluding hydrogens is 446 g/mol. The predicted octanol–water partition coefficient (Wildman–Crippen LogP) is 4.61. The first-order valence-electron chi connectivity index (χ1n) is 10.7. The predicted molar refractivity (Wildman–Crippen MR) is 127 cm³/mol. The number of rotatable bonds is 6. The van der Waals surface area contributed by atoms with Crippen LogP contribution in [0, 0.1) is 11.8 Å². The molecule has 7 nitrogen and oxygen atoms in total. The highest BCUT2D eigenvalue weighted by molar-refractivity contribution is 7.89. The normalized spacial score (nSPS) is 19.7. The minimum atomic E-state index is -3.58. The van der Waals surface area contributed by atoms with Crippen LogP contribution in [-0.4, -0.2) is 43.3 Å². The summed E-state index contributed by atoms with van der Waals surface area (Å²) in [6, 6.07) is 11.7. The van der Waals surface area contributed by atoms with E-state index in [1.54, 1.807) is 16.4 Å². The number of ether oxygens (including phenoxy) is 1. The van der Waals surface area contributed by atoms with E-state index >= 15 is 0 Å². The molecule has 0 saturated carbocycles. The van der Waals surface area contributed by atoms with Crippen LogP contribution in [0.5, 0.6) is 5.75 Å². The molecule has 1 fully saturated rings. The number of carbonyl (C=O) groups excluding carboxylic acids is 1. The molecule has 2 aromatic carbocycles. The lowest BCUT2D eigenvalue weighted by molar-refractivity contribution is 0.102. The Kier molecular flexibility index (Phi) is 6.50. The highest BCUT2D eigenvalue weighted by atomic mass is 32.2. The fourth-order valence-electron chi connectivity index (χ4n) is 4.11. The lowest BCUT2D eigenvalue weighted by atomic mass is 9.94. The molecule has 0 radical (unpaired) electrons. The molecular formula is C23H27N3O4S2. The van der Waals surface area contributed by atoms with E-state index < -0.39 is 10.0 Å². The van der Waals surface area contributed by atoms with Crippen LogP contribution >= 0.6 is 11.3 Å². The molecule has 1 amide bonds. The first-order chi connectivity index (χ1) is 15.3. The van der Waals surface area contributed by atoms with Gasteiger partial charge in [-0.1, -0.05) is 25.2 Å². The second-order valence-corrected chi connectivity index (χ2v) is 11.3. The maximum Gasteiger partial charge on any atom is 0.257 e. The number of benzene rings is 2. The zero-order valence-electron chi connectivity index (χ0n) is 18.4. The van der Waals surface area contributed by atoms with Gasteiger partial charge in [-0.25, -0.2) is 13.4 Å². The molecule has 0 bridgehead atoms. The topological polar surface area (TPSA) is 88.6 Å². The number of thiazole rings is 1. The fourth-order valence-corrected chi connectivity index (χ4v) is 6.68. The third-order valence-electron chi connectivity index (χ3n) is 5.48. The average Bonchev–Trinajstić information content (AvgIpc) is 3.15. The van der Waals surface area contributed by atoms with E-state index in [9.17, 15) is 13.2 Å². The largest absolute Gasteiger partial charge is 0.494 e. The van der Waals surface area contributed by atoms with Gasteiger partial charge in [-0.05, 0) is 67.6 Å². The van der Waals surface area contributed by atoms with Crippen molar-refractivity contribution >= 4 is 42.6 Å². The number of nitrogens with one attached hydrogen (secondary N) is 1. The first-order valence-corrected chi connectivity index (χ1v) is 13.0. The van der Waals surface area contributed by atoms with Crippen molar-refractivity contribution in [3.05, 3.63) is 48.0 Å². The molecule has 0 aliphatic carbocycles. The van der Waals surface area contributed by atoms with Gasteiger partial charge in [-0.15, -0.1) is 0 Å². The van der Waals surface area contributed by atoms with Crippen molar-refractivity contribution in [3.63, 3.8) is 0 Å². The van der Waals surface area contributed by atoms with Crippen molar-refractivity contribution in [2.45, 2.75) is 32.1 Å². The van der Waals surface area contributed by atoms with Crippen LogP contribution in [0.2, 0.25) is 0 Å². The summed E-state index contributed by atoms with van der Waals surface area (Å²) in [6.45, 7) is 7.70. The van der Waals surface area contributed by atoms with Gasteiger partial charge in [0.05, 0.1) is 21.7 Å². The van der Waals surface area contributed by atoms with Crippen LogP contribution in [-0.2, 0) is 10.0 Å². The van der Waals surface area contributed by atoms with Crippen LogP contribution < -0.4 is 10.1 Å². The zero-order chi connectivity index (χ0) is 22.9. The van der Waals surface area contributed by atoms with E-state index in [2.05, 4.69) is 24.1 Å². The molecule has 9 heteroatoms. The van der Waals surface area contributed by atoms with E-state index in [1.165, 1.54) is 23.5 Å². The van der Waals surface area contributed by atoms with Gasteiger partial charge in [-0.3, -0.25) is 10.1 Å². The summed E-state index contributed by atoms with van der Waals surface area (Å²) in [5, 5.41) is 3.28. The van der Waals surface area contributed by atoms with E-state index in [0.717, 1.165) is 22.4 Å². The van der Waals surface area contributed by atoms with Gasteiger partial charge in [0.25, 0.3) is 5.91 Å². The molecule has 32 heavy (non-hydrogen) atoms. The SMILES string of the molecule is CCOc1ccc2nc(NC(=O)c3ccc(S(=O)(=O)N4C[C@@H](C)C[C@H](C)C4)cc3)sc2c1. The molecule has 0 unspecified atom stereocenters. The Morgan fingerprint density at radius 2 is 1.84 bits per heavy atom. The van der Waals surface area contributed by atoms with Crippen molar-refractivity contribution in [3.8, 4) is 5.75 Å². The molecule has 3 aromatic rings. The van der Waals surface area contributed by atoms with Gasteiger partial charge in [0, 0.05) is 18.7 Å². The van der Waals surface area contributed by atoms with Crippen molar-refractivity contribution in [1.29, 1.82) is 0 Å². The monoisotopic (exact) mass is 473 g/mol. The van der Waals surface area contributed by atoms with Crippen LogP contribution in [0.4, 0.5) is 5.13 Å². The first kappa shape index (κ1) is 22.7. The van der Waals surface area contributed by atoms with Crippen molar-refractivity contribution in [2.24, 2.45) is 11.8 Å². The molecule has 2 atom stereocenters. The van der Waals surface area contributed by atoms with Crippen molar-refractivity contribution < 1.29 is 17.9 Å². The summed E-state index contributed by atoms with van der Waals surface area (Å²) in [7, 11) is -3.58. The van der Waals surface area contributed by atoms with Gasteiger partial charge in [0.1, 0.15) is 5.75 Å². The maximum absolute atomic E-state index is 13.0. The second kappa shape index (κ2) is 9.17. The van der Waals surface area contributed by atoms with E-state index in [-0.39, 0.29) is 10.8 Å². The zero-order valence-corrected chi connectivity index (χ0v) is 20.0. The van der Waals surface area contributed by atoms with Crippen LogP contribution in [0.15, 0.2) is 47.4 Å². The fraction of sp³-hybridized carbons (Fsp3) is 0.391. The Labute approximate surface area is 192 Å². The number of sulfonamides is 1. The van der Waals surface area contributed by atoms with Gasteiger partial charge in [0.2, 0.25) is 10.0 Å². The molecule has 2 heterocycles. The van der Waals surface area contributed by atoms with Crippen molar-refractivity contribution in [2.75, 3.05) is 25.0 Å². The molecule has 1 saturated heterocycles. The van der Waals surface area contributed by atoms with Crippen LogP contribution in [0.3, 0.4) is 0 Å². The lowest BCUT2D eigenvalue weighted by Crippen LogP contribution is -2.42. The number of piperidine rings is 1. The molecule has 1 aromatic heterocycles. The molecule has 1 aliphatic rings. The average molecular weight is 474 g/mol. The minimum Gasteiger partial charge on any atom is -0.494 e. The quantitative estimate of drug-likeness (QED) is 0.565. The third-order valence-corrected chi connectivity index (χ3v) is 8.26. The van der Waals surface area contributed by atoms with Gasteiger partial charge in [0.15, 0.2) is 5.13 Å². The Hall–Kier alpha value is -2.49. The lowest BCUT2D eigenvalue weighted by Gasteiger charge is -2.34. The summed E-state index contributed by atoms with van der Waals surface area (Å²) < 4.78 is 34.0. The maximum atomic E-state index is 13.0. The van der Waals surface area contributed by atoms with Gasteiger partial charge < -0.3 is 4.74 Å². The molecule has 1 aliphatic heterocycles. The number of hydrogen-bond acceptors (Lipinski definition) is 6. The number of nitrogens with zero attached hydrogens (tertiary/aromatic N) is 2. The number of amides is 1. The molecule has 1 N–H and O–H groups in total. The van der Waals surface area contributed by atoms with E-state index in [4.69, 9.17) is 4.74 Å². The Morgan fingerprint density at radius 3 is 2.50 bits per heavy atom. The summed E-state index contributed by atoms with van der Waals surface area (Å²) >= 11 is 1.36. The Morgan fingerprint density at radius 1 is 1.16 bits per heavy atom. The Balaban J connectivity index is 1.48. The summed E-state index contributed by atoms with van der Waals surface area (Å²) in [4.78, 5) is 17.3. The van der Waals surface area contributed by atoms with Gasteiger partial charge >= 0.3 is 0 Å². The highest BCUT2D eigenvalue weighted by Gasteiger charge is 2.31. The number of aromatic nitrogens is 1. The third kappa shape index (κ3) is 4.79. The molecule has 0 spiro atoms. The van der Waals surface area contributed by atoms with E-state index in [0.29, 0.717) is 42.2 Å². The number of anilines is 1. The smallest absolute Gasteiger partial charge is 0.257 e. The van der Waals surface area contributed by atoms with Crippen LogP contribution in [0.1, 0.15) is 37.6 Å². The number of fused-ring (bicyclic) bond motifs is 1. The summed E-state index contributed by atoms with van der Waals surface area (Å²) in [5.41, 5.74) is 1.15. The standard InChI is InChI=1S/C23H27N3O4S2/c1-4-30-18-7-10-20-21(12-18)31-23(24-20)25-22(27)17-5-8-19(9-6-17)32(28,29)26-13-15(2)11-16(3)14-26/h5-10,12,15-16H,4,11,13-14H2,1-3H3,(H,24,25,27)/t15-,16-/m0/s1. The second-order valence-electron chi connectivity index (χ2n) is 8.33. The molecule has 4 rings (SSSR count). The molecule has 170 valence electrons. The van der Waals surface area contributed by atoms with Gasteiger partial charge in [-0.2, -0.15) is 4.31 Å². The number of carbonyl (C=O) groups is 1.